The van der Waals surface area contributed by atoms with Crippen molar-refractivity contribution in [2.24, 2.45) is 7.05 Å². The molecule has 0 spiro atoms. The molecule has 10 nitrogen and oxygen atoms in total. The standard InChI is InChI=1S/C25H39N9O/c1-16(2)34(17(3)4)12-10-26-24-22-25(29-23(28-24)21-18(5)30-31(7)19(21)6)33(15-27-22)14-13-32-11-8-9-20(32)35/h15-17H,8-14H2,1-7H3,(H,26,28,29). The van der Waals surface area contributed by atoms with Gasteiger partial charge >= 0.3 is 0 Å². The zero-order valence-corrected chi connectivity index (χ0v) is 22.2. The van der Waals surface area contributed by atoms with Gasteiger partial charge in [0.05, 0.1) is 17.6 Å². The van der Waals surface area contributed by atoms with Gasteiger partial charge in [-0.25, -0.2) is 15.0 Å². The quantitative estimate of drug-likeness (QED) is 0.475. The van der Waals surface area contributed by atoms with Gasteiger partial charge in [-0.1, -0.05) is 0 Å². The molecule has 1 fully saturated rings. The van der Waals surface area contributed by atoms with Gasteiger partial charge in [0.15, 0.2) is 17.3 Å². The van der Waals surface area contributed by atoms with Crippen LogP contribution in [0.4, 0.5) is 5.82 Å². The average molecular weight is 482 g/mol. The Labute approximate surface area is 207 Å². The van der Waals surface area contributed by atoms with Crippen LogP contribution in [0.2, 0.25) is 0 Å². The number of nitrogens with zero attached hydrogens (tertiary/aromatic N) is 8. The normalized spacial score (nSPS) is 14.5. The molecule has 0 saturated carbocycles. The number of carbonyl (C=O) groups excluding carboxylic acids is 1. The van der Waals surface area contributed by atoms with Crippen LogP contribution in [0, 0.1) is 13.8 Å². The number of hydrogen-bond donors (Lipinski definition) is 1. The Morgan fingerprint density at radius 3 is 2.46 bits per heavy atom. The number of imidazole rings is 1. The summed E-state index contributed by atoms with van der Waals surface area (Å²) in [4.78, 5) is 31.0. The summed E-state index contributed by atoms with van der Waals surface area (Å²) in [6.07, 6.45) is 3.40. The molecule has 1 amide bonds. The number of aromatic nitrogens is 6. The van der Waals surface area contributed by atoms with E-state index in [-0.39, 0.29) is 5.91 Å². The van der Waals surface area contributed by atoms with E-state index in [1.165, 1.54) is 0 Å². The maximum absolute atomic E-state index is 12.1. The van der Waals surface area contributed by atoms with Crippen molar-refractivity contribution in [3.63, 3.8) is 0 Å². The number of nitrogens with one attached hydrogen (secondary N) is 1. The number of fused-ring (bicyclic) bond motifs is 1. The summed E-state index contributed by atoms with van der Waals surface area (Å²) >= 11 is 0. The zero-order valence-electron chi connectivity index (χ0n) is 22.2. The van der Waals surface area contributed by atoms with Crippen LogP contribution in [-0.4, -0.2) is 83.3 Å². The Kier molecular flexibility index (Phi) is 7.39. The lowest BCUT2D eigenvalue weighted by molar-refractivity contribution is -0.127. The first-order valence-electron chi connectivity index (χ1n) is 12.7. The molecule has 4 rings (SSSR count). The highest BCUT2D eigenvalue weighted by molar-refractivity contribution is 5.85. The molecular weight excluding hydrogens is 442 g/mol. The smallest absolute Gasteiger partial charge is 0.222 e. The first kappa shape index (κ1) is 25.1. The lowest BCUT2D eigenvalue weighted by Crippen LogP contribution is -2.40. The van der Waals surface area contributed by atoms with Gasteiger partial charge in [0.25, 0.3) is 0 Å². The van der Waals surface area contributed by atoms with Gasteiger partial charge in [0.1, 0.15) is 5.52 Å². The fraction of sp³-hybridized carbons (Fsp3) is 0.640. The Morgan fingerprint density at radius 1 is 1.11 bits per heavy atom. The highest BCUT2D eigenvalue weighted by Crippen LogP contribution is 2.28. The molecule has 0 bridgehead atoms. The van der Waals surface area contributed by atoms with Crippen molar-refractivity contribution in [3.8, 4) is 11.4 Å². The van der Waals surface area contributed by atoms with Crippen LogP contribution in [0.5, 0.6) is 0 Å². The van der Waals surface area contributed by atoms with E-state index in [1.54, 1.807) is 0 Å². The molecule has 1 saturated heterocycles. The minimum Gasteiger partial charge on any atom is -0.367 e. The van der Waals surface area contributed by atoms with Crippen molar-refractivity contribution in [2.45, 2.75) is 73.0 Å². The summed E-state index contributed by atoms with van der Waals surface area (Å²) in [5, 5.41) is 8.11. The molecule has 0 atom stereocenters. The van der Waals surface area contributed by atoms with E-state index in [0.29, 0.717) is 37.4 Å². The predicted molar refractivity (Wildman–Crippen MR) is 138 cm³/mol. The molecule has 3 aromatic rings. The van der Waals surface area contributed by atoms with E-state index in [2.05, 4.69) is 48.0 Å². The van der Waals surface area contributed by atoms with Gasteiger partial charge < -0.3 is 14.8 Å². The van der Waals surface area contributed by atoms with E-state index in [9.17, 15) is 4.79 Å². The maximum Gasteiger partial charge on any atom is 0.222 e. The molecule has 1 aliphatic heterocycles. The van der Waals surface area contributed by atoms with E-state index >= 15 is 0 Å². The van der Waals surface area contributed by atoms with Crippen LogP contribution in [0.25, 0.3) is 22.6 Å². The molecule has 10 heteroatoms. The molecular formula is C25H39N9O. The molecule has 0 radical (unpaired) electrons. The molecule has 0 aliphatic carbocycles. The fourth-order valence-corrected chi connectivity index (χ4v) is 5.03. The van der Waals surface area contributed by atoms with Crippen molar-refractivity contribution in [3.05, 3.63) is 17.7 Å². The van der Waals surface area contributed by atoms with Gasteiger partial charge in [-0.2, -0.15) is 5.10 Å². The number of hydrogen-bond acceptors (Lipinski definition) is 7. The topological polar surface area (TPSA) is 97.0 Å². The van der Waals surface area contributed by atoms with E-state index < -0.39 is 0 Å². The maximum atomic E-state index is 12.1. The lowest BCUT2D eigenvalue weighted by Gasteiger charge is -2.30. The molecule has 1 aliphatic rings. The molecule has 35 heavy (non-hydrogen) atoms. The van der Waals surface area contributed by atoms with Crippen molar-refractivity contribution in [1.82, 2.24) is 39.1 Å². The number of likely N-dealkylation sites (tertiary alicyclic amines) is 1. The predicted octanol–water partition coefficient (Wildman–Crippen LogP) is 3.00. The SMILES string of the molecule is Cc1nn(C)c(C)c1-c1nc(NCCN(C(C)C)C(C)C)c2ncn(CCN3CCCC3=O)c2n1. The van der Waals surface area contributed by atoms with Crippen LogP contribution in [0.1, 0.15) is 51.9 Å². The van der Waals surface area contributed by atoms with Gasteiger partial charge in [-0.05, 0) is 48.0 Å². The van der Waals surface area contributed by atoms with Crippen LogP contribution >= 0.6 is 0 Å². The number of aryl methyl sites for hydroxylation is 2. The molecule has 0 aromatic carbocycles. The summed E-state index contributed by atoms with van der Waals surface area (Å²) in [5.74, 6) is 1.61. The number of anilines is 1. The second-order valence-electron chi connectivity index (χ2n) is 10.0. The molecule has 3 aromatic heterocycles. The Bertz CT molecular complexity index is 1190. The van der Waals surface area contributed by atoms with E-state index in [4.69, 9.17) is 9.97 Å². The summed E-state index contributed by atoms with van der Waals surface area (Å²) in [6.45, 7) is 16.7. The number of amides is 1. The monoisotopic (exact) mass is 481 g/mol. The number of rotatable bonds is 10. The van der Waals surface area contributed by atoms with Gasteiger partial charge in [0.2, 0.25) is 5.91 Å². The third-order valence-electron chi connectivity index (χ3n) is 6.97. The molecule has 1 N–H and O–H groups in total. The second kappa shape index (κ2) is 10.3. The molecule has 4 heterocycles. The number of carbonyl (C=O) groups is 1. The summed E-state index contributed by atoms with van der Waals surface area (Å²) in [7, 11) is 1.94. The van der Waals surface area contributed by atoms with Crippen LogP contribution < -0.4 is 5.32 Å². The van der Waals surface area contributed by atoms with Crippen LogP contribution in [0.15, 0.2) is 6.33 Å². The van der Waals surface area contributed by atoms with Crippen LogP contribution in [0.3, 0.4) is 0 Å². The van der Waals surface area contributed by atoms with Crippen molar-refractivity contribution < 1.29 is 4.79 Å². The first-order valence-corrected chi connectivity index (χ1v) is 12.7. The zero-order chi connectivity index (χ0) is 25.3. The van der Waals surface area contributed by atoms with Crippen molar-refractivity contribution in [2.75, 3.05) is 31.5 Å². The highest BCUT2D eigenvalue weighted by Gasteiger charge is 2.22. The van der Waals surface area contributed by atoms with E-state index in [0.717, 1.165) is 60.0 Å². The van der Waals surface area contributed by atoms with Gasteiger partial charge in [-0.15, -0.1) is 0 Å². The fourth-order valence-electron chi connectivity index (χ4n) is 5.03. The first-order chi connectivity index (χ1) is 16.7. The largest absolute Gasteiger partial charge is 0.367 e. The Morgan fingerprint density at radius 2 is 1.86 bits per heavy atom. The van der Waals surface area contributed by atoms with Gasteiger partial charge in [0, 0.05) is 64.0 Å². The second-order valence-corrected chi connectivity index (χ2v) is 10.0. The Balaban J connectivity index is 1.67. The molecule has 190 valence electrons. The van der Waals surface area contributed by atoms with E-state index in [1.807, 2.05) is 41.4 Å². The minimum absolute atomic E-state index is 0.230. The average Bonchev–Trinajstić information content (AvgIpc) is 3.46. The van der Waals surface area contributed by atoms with Gasteiger partial charge in [-0.3, -0.25) is 14.4 Å². The third-order valence-corrected chi connectivity index (χ3v) is 6.97. The Hall–Kier alpha value is -3.01. The lowest BCUT2D eigenvalue weighted by atomic mass is 10.2. The third kappa shape index (κ3) is 5.17. The molecule has 0 unspecified atom stereocenters. The minimum atomic E-state index is 0.230. The van der Waals surface area contributed by atoms with Crippen molar-refractivity contribution in [1.29, 1.82) is 0 Å². The highest BCUT2D eigenvalue weighted by atomic mass is 16.2. The summed E-state index contributed by atoms with van der Waals surface area (Å²) < 4.78 is 3.90. The summed E-state index contributed by atoms with van der Waals surface area (Å²) in [6, 6.07) is 0.928. The van der Waals surface area contributed by atoms with Crippen molar-refractivity contribution >= 4 is 22.9 Å². The van der Waals surface area contributed by atoms with Crippen LogP contribution in [-0.2, 0) is 18.4 Å². The summed E-state index contributed by atoms with van der Waals surface area (Å²) in [5.41, 5.74) is 4.39.